The average molecular weight is 377 g/mol. The van der Waals surface area contributed by atoms with Crippen LogP contribution in [0.4, 0.5) is 11.4 Å². The number of nitrogens with zero attached hydrogens (tertiary/aromatic N) is 2. The molecule has 2 aromatic carbocycles. The molecule has 2 aromatic rings. The predicted molar refractivity (Wildman–Crippen MR) is 104 cm³/mol. The van der Waals surface area contributed by atoms with E-state index >= 15 is 0 Å². The summed E-state index contributed by atoms with van der Waals surface area (Å²) >= 11 is 0. The third kappa shape index (κ3) is 2.74. The van der Waals surface area contributed by atoms with Gasteiger partial charge in [-0.2, -0.15) is 5.26 Å². The van der Waals surface area contributed by atoms with Crippen molar-refractivity contribution in [2.75, 3.05) is 19.5 Å². The van der Waals surface area contributed by atoms with Gasteiger partial charge in [0.1, 0.15) is 6.07 Å². The Kier molecular flexibility index (Phi) is 4.40. The molecule has 1 heterocycles. The number of ether oxygens (including phenoxy) is 2. The van der Waals surface area contributed by atoms with E-state index in [1.807, 2.05) is 18.2 Å². The minimum Gasteiger partial charge on any atom is -0.493 e. The number of benzene rings is 2. The van der Waals surface area contributed by atoms with Gasteiger partial charge in [-0.15, -0.1) is 0 Å². The number of nitriles is 1. The highest BCUT2D eigenvalue weighted by Gasteiger charge is 2.40. The molecule has 3 atom stereocenters. The van der Waals surface area contributed by atoms with E-state index in [4.69, 9.17) is 9.47 Å². The molecule has 0 unspecified atom stereocenters. The van der Waals surface area contributed by atoms with Gasteiger partial charge in [0, 0.05) is 18.1 Å². The molecular formula is C21H19N3O4. The van der Waals surface area contributed by atoms with Gasteiger partial charge in [0.05, 0.1) is 36.4 Å². The van der Waals surface area contributed by atoms with E-state index < -0.39 is 4.92 Å². The molecule has 0 radical (unpaired) electrons. The first kappa shape index (κ1) is 17.9. The molecule has 1 aliphatic heterocycles. The normalized spacial score (nSPS) is 21.8. The smallest absolute Gasteiger partial charge is 0.271 e. The van der Waals surface area contributed by atoms with Crippen molar-refractivity contribution in [3.05, 3.63) is 69.3 Å². The number of hydrogen-bond donors (Lipinski definition) is 1. The minimum absolute atomic E-state index is 0.0151. The number of non-ortho nitro benzene ring substituents is 1. The molecule has 0 spiro atoms. The number of hydrogen-bond acceptors (Lipinski definition) is 6. The zero-order valence-electron chi connectivity index (χ0n) is 15.5. The summed E-state index contributed by atoms with van der Waals surface area (Å²) in [5.41, 5.74) is 2.72. The van der Waals surface area contributed by atoms with Crippen LogP contribution in [-0.2, 0) is 0 Å². The summed E-state index contributed by atoms with van der Waals surface area (Å²) in [6, 6.07) is 10.8. The Balaban J connectivity index is 1.83. The van der Waals surface area contributed by atoms with Crippen LogP contribution in [0, 0.1) is 27.4 Å². The molecule has 0 amide bonds. The maximum Gasteiger partial charge on any atom is 0.271 e. The van der Waals surface area contributed by atoms with Crippen molar-refractivity contribution in [3.8, 4) is 17.6 Å². The molecule has 0 saturated heterocycles. The van der Waals surface area contributed by atoms with Gasteiger partial charge in [0.15, 0.2) is 11.5 Å². The second-order valence-corrected chi connectivity index (χ2v) is 6.92. The first-order valence-electron chi connectivity index (χ1n) is 8.95. The Morgan fingerprint density at radius 3 is 2.68 bits per heavy atom. The highest BCUT2D eigenvalue weighted by Crippen LogP contribution is 2.52. The Morgan fingerprint density at radius 2 is 2.00 bits per heavy atom. The zero-order chi connectivity index (χ0) is 19.8. The molecule has 28 heavy (non-hydrogen) atoms. The van der Waals surface area contributed by atoms with Crippen molar-refractivity contribution in [1.82, 2.24) is 0 Å². The quantitative estimate of drug-likeness (QED) is 0.484. The summed E-state index contributed by atoms with van der Waals surface area (Å²) in [6.07, 6.45) is 5.04. The van der Waals surface area contributed by atoms with Gasteiger partial charge in [-0.3, -0.25) is 10.1 Å². The van der Waals surface area contributed by atoms with Crippen LogP contribution in [0.1, 0.15) is 35.1 Å². The number of rotatable bonds is 4. The van der Waals surface area contributed by atoms with Crippen LogP contribution < -0.4 is 14.8 Å². The number of anilines is 1. The fourth-order valence-electron chi connectivity index (χ4n) is 4.25. The van der Waals surface area contributed by atoms with Crippen LogP contribution in [0.15, 0.2) is 42.5 Å². The van der Waals surface area contributed by atoms with Crippen molar-refractivity contribution in [2.45, 2.75) is 18.4 Å². The third-order valence-corrected chi connectivity index (χ3v) is 5.55. The SMILES string of the molecule is COc1ccc([C@@H]2Nc3c(C#N)cc([N+](=O)[O-])cc3[C@@H]3C=CC[C@@H]32)cc1OC. The van der Waals surface area contributed by atoms with Crippen LogP contribution in [0.2, 0.25) is 0 Å². The Bertz CT molecular complexity index is 1030. The van der Waals surface area contributed by atoms with E-state index in [2.05, 4.69) is 23.5 Å². The Morgan fingerprint density at radius 1 is 1.21 bits per heavy atom. The molecule has 142 valence electrons. The Labute approximate surface area is 162 Å². The first-order valence-corrected chi connectivity index (χ1v) is 8.95. The fourth-order valence-corrected chi connectivity index (χ4v) is 4.25. The second kappa shape index (κ2) is 6.89. The van der Waals surface area contributed by atoms with Crippen LogP contribution in [0.25, 0.3) is 0 Å². The number of allylic oxidation sites excluding steroid dienone is 2. The van der Waals surface area contributed by atoms with Crippen molar-refractivity contribution in [2.24, 2.45) is 5.92 Å². The van der Waals surface area contributed by atoms with Gasteiger partial charge in [0.2, 0.25) is 0 Å². The lowest BCUT2D eigenvalue weighted by molar-refractivity contribution is -0.384. The molecule has 1 aliphatic carbocycles. The van der Waals surface area contributed by atoms with E-state index in [1.54, 1.807) is 20.3 Å². The molecule has 7 nitrogen and oxygen atoms in total. The summed E-state index contributed by atoms with van der Waals surface area (Å²) in [5.74, 6) is 1.50. The maximum atomic E-state index is 11.3. The minimum atomic E-state index is -0.449. The van der Waals surface area contributed by atoms with Crippen LogP contribution in [0.3, 0.4) is 0 Å². The zero-order valence-corrected chi connectivity index (χ0v) is 15.5. The molecule has 0 bridgehead atoms. The lowest BCUT2D eigenvalue weighted by Crippen LogP contribution is -2.29. The van der Waals surface area contributed by atoms with E-state index in [1.165, 1.54) is 6.07 Å². The number of methoxy groups -OCH3 is 2. The van der Waals surface area contributed by atoms with Crippen LogP contribution in [0.5, 0.6) is 11.5 Å². The fraction of sp³-hybridized carbons (Fsp3) is 0.286. The van der Waals surface area contributed by atoms with Crippen molar-refractivity contribution in [3.63, 3.8) is 0 Å². The number of fused-ring (bicyclic) bond motifs is 3. The number of nitrogens with one attached hydrogen (secondary N) is 1. The number of nitro benzene ring substituents is 1. The van der Waals surface area contributed by atoms with E-state index in [-0.39, 0.29) is 29.1 Å². The van der Waals surface area contributed by atoms with Crippen LogP contribution in [-0.4, -0.2) is 19.1 Å². The second-order valence-electron chi connectivity index (χ2n) is 6.92. The molecule has 0 saturated carbocycles. The highest BCUT2D eigenvalue weighted by molar-refractivity contribution is 5.71. The number of nitro groups is 1. The summed E-state index contributed by atoms with van der Waals surface area (Å²) in [4.78, 5) is 10.8. The largest absolute Gasteiger partial charge is 0.493 e. The summed E-state index contributed by atoms with van der Waals surface area (Å²) in [7, 11) is 3.19. The van der Waals surface area contributed by atoms with Gasteiger partial charge in [0.25, 0.3) is 5.69 Å². The van der Waals surface area contributed by atoms with E-state index in [0.717, 1.165) is 17.5 Å². The summed E-state index contributed by atoms with van der Waals surface area (Å²) in [6.45, 7) is 0. The summed E-state index contributed by atoms with van der Waals surface area (Å²) in [5, 5.41) is 24.4. The van der Waals surface area contributed by atoms with E-state index in [9.17, 15) is 15.4 Å². The van der Waals surface area contributed by atoms with Gasteiger partial charge < -0.3 is 14.8 Å². The third-order valence-electron chi connectivity index (χ3n) is 5.55. The predicted octanol–water partition coefficient (Wildman–Crippen LogP) is 4.31. The maximum absolute atomic E-state index is 11.3. The summed E-state index contributed by atoms with van der Waals surface area (Å²) < 4.78 is 10.8. The molecule has 4 rings (SSSR count). The highest BCUT2D eigenvalue weighted by atomic mass is 16.6. The molecule has 0 aromatic heterocycles. The standard InChI is InChI=1S/C21H19N3O4/c1-27-18-7-6-12(9-19(18)28-2)20-16-5-3-4-15(16)17-10-14(24(25)26)8-13(11-22)21(17)23-20/h3-4,6-10,15-16,20,23H,5H2,1-2H3/t15-,16+,20+/m1/s1. The topological polar surface area (TPSA) is 97.4 Å². The monoisotopic (exact) mass is 377 g/mol. The van der Waals surface area contributed by atoms with Crippen molar-refractivity contribution >= 4 is 11.4 Å². The van der Waals surface area contributed by atoms with Gasteiger partial charge >= 0.3 is 0 Å². The first-order chi connectivity index (χ1) is 13.6. The lowest BCUT2D eigenvalue weighted by Gasteiger charge is -2.38. The molecule has 2 aliphatic rings. The van der Waals surface area contributed by atoms with Gasteiger partial charge in [-0.1, -0.05) is 18.2 Å². The van der Waals surface area contributed by atoms with Gasteiger partial charge in [-0.25, -0.2) is 0 Å². The lowest BCUT2D eigenvalue weighted by atomic mass is 9.76. The average Bonchev–Trinajstić information content (AvgIpc) is 3.21. The van der Waals surface area contributed by atoms with Crippen molar-refractivity contribution < 1.29 is 14.4 Å². The van der Waals surface area contributed by atoms with Crippen LogP contribution >= 0.6 is 0 Å². The molecular weight excluding hydrogens is 358 g/mol. The Hall–Kier alpha value is -3.53. The molecule has 7 heteroatoms. The molecule has 0 fully saturated rings. The molecule has 1 N–H and O–H groups in total. The van der Waals surface area contributed by atoms with Gasteiger partial charge in [-0.05, 0) is 35.6 Å². The van der Waals surface area contributed by atoms with Crippen molar-refractivity contribution in [1.29, 1.82) is 5.26 Å². The van der Waals surface area contributed by atoms with E-state index in [0.29, 0.717) is 17.2 Å².